The molecule has 0 bridgehead atoms. The lowest BCUT2D eigenvalue weighted by molar-refractivity contribution is -0.114. The topological polar surface area (TPSA) is 88.4 Å². The van der Waals surface area contributed by atoms with Crippen LogP contribution in [0.25, 0.3) is 0 Å². The summed E-state index contributed by atoms with van der Waals surface area (Å²) >= 11 is 1.33. The van der Waals surface area contributed by atoms with E-state index in [1.165, 1.54) is 24.8 Å². The summed E-state index contributed by atoms with van der Waals surface area (Å²) in [5, 5.41) is 9.70. The van der Waals surface area contributed by atoms with Gasteiger partial charge >= 0.3 is 0 Å². The third-order valence-corrected chi connectivity index (χ3v) is 4.09. The lowest BCUT2D eigenvalue weighted by Gasteiger charge is -2.13. The highest BCUT2D eigenvalue weighted by molar-refractivity contribution is 8.00. The van der Waals surface area contributed by atoms with Crippen molar-refractivity contribution in [1.29, 1.82) is 0 Å². The van der Waals surface area contributed by atoms with Crippen molar-refractivity contribution >= 4 is 23.5 Å². The number of nitrogens with zero attached hydrogens (tertiary/aromatic N) is 1. The molecule has 2 aromatic rings. The molecule has 0 atom stereocenters. The van der Waals surface area contributed by atoms with Gasteiger partial charge in [-0.15, -0.1) is 11.8 Å². The lowest BCUT2D eigenvalue weighted by Crippen LogP contribution is -2.37. The fourth-order valence-electron chi connectivity index (χ4n) is 2.01. The molecular weight excluding hydrogens is 316 g/mol. The Labute approximate surface area is 137 Å². The number of carbonyl (C=O) groups is 2. The van der Waals surface area contributed by atoms with E-state index in [4.69, 9.17) is 0 Å². The third kappa shape index (κ3) is 4.01. The van der Waals surface area contributed by atoms with Gasteiger partial charge in [0, 0.05) is 16.7 Å². The van der Waals surface area contributed by atoms with Crippen molar-refractivity contribution in [2.24, 2.45) is 0 Å². The van der Waals surface area contributed by atoms with Gasteiger partial charge in [0.05, 0.1) is 5.75 Å². The highest BCUT2D eigenvalue weighted by atomic mass is 32.2. The fraction of sp³-hybridized carbons (Fsp3) is 0.188. The molecule has 0 radical (unpaired) electrons. The molecule has 0 aliphatic heterocycles. The van der Waals surface area contributed by atoms with Gasteiger partial charge in [-0.2, -0.15) is 0 Å². The summed E-state index contributed by atoms with van der Waals surface area (Å²) in [6, 6.07) is 10.6. The van der Waals surface area contributed by atoms with Crippen LogP contribution in [-0.4, -0.2) is 27.2 Å². The van der Waals surface area contributed by atoms with Gasteiger partial charge < -0.3 is 5.11 Å². The molecule has 0 saturated carbocycles. The summed E-state index contributed by atoms with van der Waals surface area (Å²) < 4.78 is 0.977. The number of aromatic hydroxyl groups is 1. The normalized spacial score (nSPS) is 10.3. The average molecular weight is 332 g/mol. The Morgan fingerprint density at radius 1 is 1.26 bits per heavy atom. The molecular formula is C16H16N2O4S. The number of hydrogen-bond donors (Lipinski definition) is 2. The summed E-state index contributed by atoms with van der Waals surface area (Å²) in [5.74, 6) is -1.21. The number of benzene rings is 1. The fourth-order valence-corrected chi connectivity index (χ4v) is 2.72. The van der Waals surface area contributed by atoms with Gasteiger partial charge in [-0.05, 0) is 26.0 Å². The van der Waals surface area contributed by atoms with E-state index in [1.54, 1.807) is 6.92 Å². The molecule has 0 aliphatic rings. The first-order valence-electron chi connectivity index (χ1n) is 6.84. The van der Waals surface area contributed by atoms with Gasteiger partial charge in [0.1, 0.15) is 11.3 Å². The minimum absolute atomic E-state index is 0.117. The molecule has 23 heavy (non-hydrogen) atoms. The molecule has 1 aromatic carbocycles. The van der Waals surface area contributed by atoms with Crippen molar-refractivity contribution in [2.45, 2.75) is 18.7 Å². The van der Waals surface area contributed by atoms with Gasteiger partial charge in [-0.3, -0.25) is 19.8 Å². The predicted octanol–water partition coefficient (Wildman–Crippen LogP) is 1.93. The first kappa shape index (κ1) is 16.8. The van der Waals surface area contributed by atoms with Gasteiger partial charge in [0.15, 0.2) is 5.78 Å². The maximum Gasteiger partial charge on any atom is 0.284 e. The van der Waals surface area contributed by atoms with Crippen LogP contribution in [0.5, 0.6) is 5.75 Å². The van der Waals surface area contributed by atoms with Crippen LogP contribution in [0.2, 0.25) is 0 Å². The zero-order chi connectivity index (χ0) is 17.0. The molecule has 0 fully saturated rings. The molecule has 2 N–H and O–H groups in total. The molecule has 0 unspecified atom stereocenters. The van der Waals surface area contributed by atoms with E-state index >= 15 is 0 Å². The van der Waals surface area contributed by atoms with Crippen LogP contribution in [0.3, 0.4) is 0 Å². The monoisotopic (exact) mass is 332 g/mol. The highest BCUT2D eigenvalue weighted by Crippen LogP contribution is 2.17. The Morgan fingerprint density at radius 3 is 2.52 bits per heavy atom. The van der Waals surface area contributed by atoms with E-state index in [2.05, 4.69) is 5.43 Å². The van der Waals surface area contributed by atoms with Crippen LogP contribution >= 0.6 is 11.8 Å². The maximum atomic E-state index is 12.2. The van der Waals surface area contributed by atoms with Crippen molar-refractivity contribution in [3.05, 3.63) is 58.0 Å². The van der Waals surface area contributed by atoms with Gasteiger partial charge in [0.2, 0.25) is 5.91 Å². The quantitative estimate of drug-likeness (QED) is 0.645. The smallest absolute Gasteiger partial charge is 0.284 e. The SMILES string of the molecule is CC(=O)c1c(O)cc(C)n(NC(=O)CSc2ccccc2)c1=O. The van der Waals surface area contributed by atoms with E-state index in [0.29, 0.717) is 5.69 Å². The van der Waals surface area contributed by atoms with Crippen molar-refractivity contribution in [2.75, 3.05) is 11.2 Å². The van der Waals surface area contributed by atoms with Crippen LogP contribution in [0, 0.1) is 6.92 Å². The first-order valence-corrected chi connectivity index (χ1v) is 7.83. The summed E-state index contributed by atoms with van der Waals surface area (Å²) in [6.07, 6.45) is 0. The number of nitrogens with one attached hydrogen (secondary N) is 1. The second kappa shape index (κ2) is 7.15. The van der Waals surface area contributed by atoms with Crippen LogP contribution in [0.4, 0.5) is 0 Å². The lowest BCUT2D eigenvalue weighted by atomic mass is 10.1. The zero-order valence-electron chi connectivity index (χ0n) is 12.7. The highest BCUT2D eigenvalue weighted by Gasteiger charge is 2.17. The molecule has 6 nitrogen and oxygen atoms in total. The average Bonchev–Trinajstić information content (AvgIpc) is 2.50. The molecule has 120 valence electrons. The van der Waals surface area contributed by atoms with Crippen molar-refractivity contribution in [1.82, 2.24) is 4.68 Å². The second-order valence-electron chi connectivity index (χ2n) is 4.88. The van der Waals surface area contributed by atoms with Gasteiger partial charge in [-0.25, -0.2) is 4.68 Å². The Hall–Kier alpha value is -2.54. The number of hydrogen-bond acceptors (Lipinski definition) is 5. The summed E-state index contributed by atoms with van der Waals surface area (Å²) in [7, 11) is 0. The molecule has 1 aromatic heterocycles. The van der Waals surface area contributed by atoms with E-state index < -0.39 is 11.3 Å². The van der Waals surface area contributed by atoms with Gasteiger partial charge in [0.25, 0.3) is 5.56 Å². The van der Waals surface area contributed by atoms with Crippen LogP contribution in [-0.2, 0) is 4.79 Å². The molecule has 2 rings (SSSR count). The first-order chi connectivity index (χ1) is 10.9. The van der Waals surface area contributed by atoms with E-state index in [1.807, 2.05) is 30.3 Å². The third-order valence-electron chi connectivity index (χ3n) is 3.07. The molecule has 1 amide bonds. The van der Waals surface area contributed by atoms with E-state index in [9.17, 15) is 19.5 Å². The minimum atomic E-state index is -0.743. The second-order valence-corrected chi connectivity index (χ2v) is 5.93. The maximum absolute atomic E-state index is 12.2. The number of amides is 1. The molecule has 7 heteroatoms. The number of carbonyl (C=O) groups excluding carboxylic acids is 2. The standard InChI is InChI=1S/C16H16N2O4S/c1-10-8-13(20)15(11(2)19)16(22)18(10)17-14(21)9-23-12-6-4-3-5-7-12/h3-8,20H,9H2,1-2H3,(H,17,21). The number of pyridine rings is 1. The molecule has 0 aliphatic carbocycles. The number of aryl methyl sites for hydroxylation is 1. The van der Waals surface area contributed by atoms with Gasteiger partial charge in [-0.1, -0.05) is 18.2 Å². The Balaban J connectivity index is 2.16. The van der Waals surface area contributed by atoms with Crippen molar-refractivity contribution < 1.29 is 14.7 Å². The number of ketones is 1. The van der Waals surface area contributed by atoms with Crippen LogP contribution < -0.4 is 11.0 Å². The molecule has 0 spiro atoms. The van der Waals surface area contributed by atoms with E-state index in [-0.39, 0.29) is 23.0 Å². The minimum Gasteiger partial charge on any atom is -0.507 e. The van der Waals surface area contributed by atoms with Crippen LogP contribution in [0.15, 0.2) is 46.1 Å². The molecule has 1 heterocycles. The summed E-state index contributed by atoms with van der Waals surface area (Å²) in [6.45, 7) is 2.73. The van der Waals surface area contributed by atoms with Crippen LogP contribution in [0.1, 0.15) is 23.0 Å². The van der Waals surface area contributed by atoms with Crippen molar-refractivity contribution in [3.63, 3.8) is 0 Å². The number of rotatable bonds is 5. The largest absolute Gasteiger partial charge is 0.507 e. The van der Waals surface area contributed by atoms with Crippen molar-refractivity contribution in [3.8, 4) is 5.75 Å². The Bertz CT molecular complexity index is 800. The number of thioether (sulfide) groups is 1. The zero-order valence-corrected chi connectivity index (χ0v) is 13.5. The number of Topliss-reactive ketones (excluding diaryl/α,β-unsaturated/α-hetero) is 1. The summed E-state index contributed by atoms with van der Waals surface area (Å²) in [4.78, 5) is 36.6. The summed E-state index contributed by atoms with van der Waals surface area (Å²) in [5.41, 5.74) is 1.70. The predicted molar refractivity (Wildman–Crippen MR) is 88.6 cm³/mol. The molecule has 0 saturated heterocycles. The number of aromatic nitrogens is 1. The Kier molecular flexibility index (Phi) is 5.23. The van der Waals surface area contributed by atoms with E-state index in [0.717, 1.165) is 9.57 Å². The Morgan fingerprint density at radius 2 is 1.91 bits per heavy atom.